The van der Waals surface area contributed by atoms with Crippen LogP contribution in [0, 0.1) is 0 Å². The molecule has 0 aromatic carbocycles. The van der Waals surface area contributed by atoms with Crippen molar-refractivity contribution in [2.24, 2.45) is 0 Å². The van der Waals surface area contributed by atoms with Gasteiger partial charge in [-0.25, -0.2) is 9.97 Å². The molecule has 1 fully saturated rings. The SMILES string of the molecule is CNc1nccc(N2C[C@H](OC)[C@H](Nc3ccnc(OC)n3)C2)n1. The van der Waals surface area contributed by atoms with Crippen LogP contribution in [0.25, 0.3) is 0 Å². The molecule has 0 aliphatic carbocycles. The lowest BCUT2D eigenvalue weighted by molar-refractivity contribution is 0.113. The van der Waals surface area contributed by atoms with Crippen LogP contribution < -0.4 is 20.3 Å². The van der Waals surface area contributed by atoms with Gasteiger partial charge in [-0.1, -0.05) is 0 Å². The van der Waals surface area contributed by atoms with Gasteiger partial charge in [0.1, 0.15) is 11.6 Å². The van der Waals surface area contributed by atoms with Gasteiger partial charge in [-0.2, -0.15) is 9.97 Å². The quantitative estimate of drug-likeness (QED) is 0.790. The summed E-state index contributed by atoms with van der Waals surface area (Å²) in [6.07, 6.45) is 3.41. The summed E-state index contributed by atoms with van der Waals surface area (Å²) >= 11 is 0. The Balaban J connectivity index is 1.74. The van der Waals surface area contributed by atoms with Gasteiger partial charge in [-0.15, -0.1) is 0 Å². The van der Waals surface area contributed by atoms with Crippen molar-refractivity contribution in [3.8, 4) is 6.01 Å². The first-order valence-corrected chi connectivity index (χ1v) is 7.65. The van der Waals surface area contributed by atoms with Crippen LogP contribution in [-0.2, 0) is 4.74 Å². The van der Waals surface area contributed by atoms with Crippen LogP contribution in [0.5, 0.6) is 6.01 Å². The molecule has 2 aromatic rings. The van der Waals surface area contributed by atoms with Crippen LogP contribution in [0.2, 0.25) is 0 Å². The Morgan fingerprint density at radius 1 is 1.12 bits per heavy atom. The Morgan fingerprint density at radius 2 is 1.96 bits per heavy atom. The van der Waals surface area contributed by atoms with E-state index in [4.69, 9.17) is 9.47 Å². The zero-order valence-corrected chi connectivity index (χ0v) is 13.9. The van der Waals surface area contributed by atoms with E-state index in [1.165, 1.54) is 0 Å². The standard InChI is InChI=1S/C15H21N7O2/c1-16-14-17-7-5-13(21-14)22-8-10(11(9-22)23-2)19-12-4-6-18-15(20-12)24-3/h4-7,10-11H,8-9H2,1-3H3,(H,16,17,21)(H,18,19,20)/t10-,11+/m1/s1. The summed E-state index contributed by atoms with van der Waals surface area (Å²) in [4.78, 5) is 19.1. The van der Waals surface area contributed by atoms with E-state index in [1.807, 2.05) is 12.1 Å². The van der Waals surface area contributed by atoms with E-state index in [-0.39, 0.29) is 12.1 Å². The summed E-state index contributed by atoms with van der Waals surface area (Å²) in [7, 11) is 5.05. The molecular weight excluding hydrogens is 310 g/mol. The number of anilines is 3. The van der Waals surface area contributed by atoms with Crippen molar-refractivity contribution in [2.45, 2.75) is 12.1 Å². The highest BCUT2D eigenvalue weighted by Gasteiger charge is 2.34. The van der Waals surface area contributed by atoms with Crippen LogP contribution in [0.15, 0.2) is 24.5 Å². The van der Waals surface area contributed by atoms with E-state index in [9.17, 15) is 0 Å². The molecule has 0 spiro atoms. The summed E-state index contributed by atoms with van der Waals surface area (Å²) in [5.41, 5.74) is 0. The highest BCUT2D eigenvalue weighted by atomic mass is 16.5. The lowest BCUT2D eigenvalue weighted by atomic mass is 10.2. The monoisotopic (exact) mass is 331 g/mol. The van der Waals surface area contributed by atoms with Gasteiger partial charge in [0.2, 0.25) is 5.95 Å². The molecule has 128 valence electrons. The highest BCUT2D eigenvalue weighted by molar-refractivity contribution is 5.46. The lowest BCUT2D eigenvalue weighted by Crippen LogP contribution is -2.33. The molecule has 9 nitrogen and oxygen atoms in total. The normalized spacial score (nSPS) is 20.0. The molecule has 3 heterocycles. The highest BCUT2D eigenvalue weighted by Crippen LogP contribution is 2.23. The van der Waals surface area contributed by atoms with E-state index in [1.54, 1.807) is 33.7 Å². The minimum Gasteiger partial charge on any atom is -0.467 e. The summed E-state index contributed by atoms with van der Waals surface area (Å²) in [6, 6.07) is 4.10. The molecule has 1 aliphatic rings. The topological polar surface area (TPSA) is 97.3 Å². The first-order valence-electron chi connectivity index (χ1n) is 7.65. The number of hydrogen-bond acceptors (Lipinski definition) is 9. The number of aromatic nitrogens is 4. The van der Waals surface area contributed by atoms with E-state index in [0.717, 1.165) is 18.9 Å². The third-order valence-electron chi connectivity index (χ3n) is 3.91. The third kappa shape index (κ3) is 3.46. The molecule has 0 radical (unpaired) electrons. The van der Waals surface area contributed by atoms with Crippen molar-refractivity contribution in [1.29, 1.82) is 0 Å². The zero-order valence-electron chi connectivity index (χ0n) is 13.9. The molecule has 0 amide bonds. The predicted molar refractivity (Wildman–Crippen MR) is 90.6 cm³/mol. The van der Waals surface area contributed by atoms with Gasteiger partial charge in [0, 0.05) is 39.6 Å². The number of nitrogens with zero attached hydrogens (tertiary/aromatic N) is 5. The Bertz CT molecular complexity index is 684. The molecule has 2 aromatic heterocycles. The minimum atomic E-state index is 0.0129. The molecule has 0 saturated carbocycles. The van der Waals surface area contributed by atoms with E-state index in [2.05, 4.69) is 35.5 Å². The van der Waals surface area contributed by atoms with Crippen LogP contribution >= 0.6 is 0 Å². The fraction of sp³-hybridized carbons (Fsp3) is 0.467. The van der Waals surface area contributed by atoms with Gasteiger partial charge in [0.25, 0.3) is 0 Å². The van der Waals surface area contributed by atoms with Gasteiger partial charge in [0.15, 0.2) is 0 Å². The predicted octanol–water partition coefficient (Wildman–Crippen LogP) is 0.633. The van der Waals surface area contributed by atoms with Gasteiger partial charge < -0.3 is 25.0 Å². The summed E-state index contributed by atoms with van der Waals surface area (Å²) in [6.45, 7) is 1.47. The molecule has 3 rings (SSSR count). The minimum absolute atomic E-state index is 0.0129. The summed E-state index contributed by atoms with van der Waals surface area (Å²) in [5.74, 6) is 2.16. The number of methoxy groups -OCH3 is 2. The summed E-state index contributed by atoms with van der Waals surface area (Å²) in [5, 5.41) is 6.34. The second-order valence-corrected chi connectivity index (χ2v) is 5.35. The molecule has 0 unspecified atom stereocenters. The fourth-order valence-electron chi connectivity index (χ4n) is 2.69. The number of ether oxygens (including phenoxy) is 2. The van der Waals surface area contributed by atoms with E-state index < -0.39 is 0 Å². The first kappa shape index (κ1) is 16.2. The van der Waals surface area contributed by atoms with Crippen LogP contribution in [0.4, 0.5) is 17.6 Å². The number of hydrogen-bond donors (Lipinski definition) is 2. The lowest BCUT2D eigenvalue weighted by Gasteiger charge is -2.19. The van der Waals surface area contributed by atoms with Crippen LogP contribution in [0.3, 0.4) is 0 Å². The molecule has 2 atom stereocenters. The Labute approximate surface area is 140 Å². The van der Waals surface area contributed by atoms with E-state index in [0.29, 0.717) is 17.8 Å². The Morgan fingerprint density at radius 3 is 2.71 bits per heavy atom. The molecule has 9 heteroatoms. The van der Waals surface area contributed by atoms with Gasteiger partial charge in [-0.3, -0.25) is 0 Å². The van der Waals surface area contributed by atoms with Gasteiger partial charge in [0.05, 0.1) is 19.3 Å². The maximum Gasteiger partial charge on any atom is 0.318 e. The van der Waals surface area contributed by atoms with E-state index >= 15 is 0 Å². The molecule has 1 saturated heterocycles. The first-order chi connectivity index (χ1) is 11.7. The molecule has 24 heavy (non-hydrogen) atoms. The molecule has 0 bridgehead atoms. The molecular formula is C15H21N7O2. The van der Waals surface area contributed by atoms with Gasteiger partial charge >= 0.3 is 6.01 Å². The van der Waals surface area contributed by atoms with Crippen LogP contribution in [0.1, 0.15) is 0 Å². The Hall–Kier alpha value is -2.68. The van der Waals surface area contributed by atoms with Crippen molar-refractivity contribution in [1.82, 2.24) is 19.9 Å². The summed E-state index contributed by atoms with van der Waals surface area (Å²) < 4.78 is 10.7. The van der Waals surface area contributed by atoms with Crippen molar-refractivity contribution in [2.75, 3.05) is 49.9 Å². The Kier molecular flexibility index (Phi) is 4.90. The average molecular weight is 331 g/mol. The maximum atomic E-state index is 5.62. The average Bonchev–Trinajstić information content (AvgIpc) is 3.04. The molecule has 1 aliphatic heterocycles. The van der Waals surface area contributed by atoms with Gasteiger partial charge in [-0.05, 0) is 12.1 Å². The number of rotatable bonds is 6. The second-order valence-electron chi connectivity index (χ2n) is 5.35. The fourth-order valence-corrected chi connectivity index (χ4v) is 2.69. The maximum absolute atomic E-state index is 5.62. The largest absolute Gasteiger partial charge is 0.467 e. The smallest absolute Gasteiger partial charge is 0.318 e. The van der Waals surface area contributed by atoms with Crippen molar-refractivity contribution < 1.29 is 9.47 Å². The number of nitrogens with one attached hydrogen (secondary N) is 2. The molecule has 2 N–H and O–H groups in total. The van der Waals surface area contributed by atoms with Crippen molar-refractivity contribution in [3.05, 3.63) is 24.5 Å². The van der Waals surface area contributed by atoms with Crippen molar-refractivity contribution in [3.63, 3.8) is 0 Å². The van der Waals surface area contributed by atoms with Crippen LogP contribution in [-0.4, -0.2) is 66.4 Å². The van der Waals surface area contributed by atoms with Crippen molar-refractivity contribution >= 4 is 17.6 Å². The third-order valence-corrected chi connectivity index (χ3v) is 3.91. The second kappa shape index (κ2) is 7.26. The zero-order chi connectivity index (χ0) is 16.9.